The van der Waals surface area contributed by atoms with E-state index in [9.17, 15) is 0 Å². The van der Waals surface area contributed by atoms with Crippen molar-refractivity contribution in [3.8, 4) is 0 Å². The van der Waals surface area contributed by atoms with Crippen molar-refractivity contribution < 1.29 is 4.74 Å². The number of aryl methyl sites for hydroxylation is 1. The van der Waals surface area contributed by atoms with Gasteiger partial charge in [0.25, 0.3) is 0 Å². The van der Waals surface area contributed by atoms with Gasteiger partial charge in [-0.1, -0.05) is 0 Å². The molecule has 0 radical (unpaired) electrons. The van der Waals surface area contributed by atoms with Gasteiger partial charge in [0.2, 0.25) is 0 Å². The summed E-state index contributed by atoms with van der Waals surface area (Å²) in [6.07, 6.45) is 8.27. The third kappa shape index (κ3) is 3.12. The van der Waals surface area contributed by atoms with Crippen LogP contribution in [0.2, 0.25) is 0 Å². The number of hydrogen-bond acceptors (Lipinski definition) is 3. The average Bonchev–Trinajstić information content (AvgIpc) is 2.80. The maximum atomic E-state index is 5.61. The summed E-state index contributed by atoms with van der Waals surface area (Å²) in [7, 11) is 2.03. The molecule has 1 unspecified atom stereocenters. The van der Waals surface area contributed by atoms with Crippen molar-refractivity contribution >= 4 is 0 Å². The highest BCUT2D eigenvalue weighted by molar-refractivity contribution is 5.11. The molecule has 0 spiro atoms. The minimum absolute atomic E-state index is 0.429. The van der Waals surface area contributed by atoms with E-state index in [1.807, 2.05) is 17.9 Å². The highest BCUT2D eigenvalue weighted by atomic mass is 16.5. The molecule has 1 saturated carbocycles. The molecule has 102 valence electrons. The fourth-order valence-corrected chi connectivity index (χ4v) is 2.73. The lowest BCUT2D eigenvalue weighted by molar-refractivity contribution is -0.0289. The molecule has 0 aliphatic heterocycles. The Hall–Kier alpha value is -0.870. The average molecular weight is 251 g/mol. The molecule has 1 fully saturated rings. The fourth-order valence-electron chi connectivity index (χ4n) is 2.73. The highest BCUT2D eigenvalue weighted by Gasteiger charge is 2.31. The van der Waals surface area contributed by atoms with E-state index in [2.05, 4.69) is 30.5 Å². The lowest BCUT2D eigenvalue weighted by Crippen LogP contribution is -2.34. The molecule has 1 atom stereocenters. The van der Waals surface area contributed by atoms with E-state index in [0.29, 0.717) is 12.1 Å². The number of nitrogens with zero attached hydrogens (tertiary/aromatic N) is 2. The van der Waals surface area contributed by atoms with Gasteiger partial charge < -0.3 is 10.1 Å². The van der Waals surface area contributed by atoms with Crippen LogP contribution in [0.1, 0.15) is 44.7 Å². The summed E-state index contributed by atoms with van der Waals surface area (Å²) in [5, 5.41) is 7.76. The maximum absolute atomic E-state index is 5.61. The molecule has 1 aromatic rings. The van der Waals surface area contributed by atoms with Gasteiger partial charge in [-0.15, -0.1) is 0 Å². The van der Waals surface area contributed by atoms with Gasteiger partial charge in [0, 0.05) is 31.0 Å². The zero-order valence-corrected chi connectivity index (χ0v) is 11.7. The Bertz CT molecular complexity index is 358. The van der Waals surface area contributed by atoms with Crippen molar-refractivity contribution in [2.24, 2.45) is 5.92 Å². The first-order chi connectivity index (χ1) is 8.76. The molecule has 0 aromatic carbocycles. The molecule has 1 aromatic heterocycles. The van der Waals surface area contributed by atoms with Crippen molar-refractivity contribution in [3.05, 3.63) is 18.0 Å². The predicted octanol–water partition coefficient (Wildman–Crippen LogP) is 2.37. The molecule has 1 N–H and O–H groups in total. The third-order valence-electron chi connectivity index (χ3n) is 3.89. The standard InChI is InChI=1S/C14H25N3O/c1-4-17-10-12(9-16-17)14(15-3)8-11-6-13(7-11)18-5-2/h9-11,13-15H,4-8H2,1-3H3. The molecule has 18 heavy (non-hydrogen) atoms. The van der Waals surface area contributed by atoms with Crippen LogP contribution in [0, 0.1) is 5.92 Å². The van der Waals surface area contributed by atoms with E-state index in [0.717, 1.165) is 19.1 Å². The topological polar surface area (TPSA) is 39.1 Å². The van der Waals surface area contributed by atoms with Crippen LogP contribution < -0.4 is 5.32 Å². The Morgan fingerprint density at radius 3 is 2.83 bits per heavy atom. The third-order valence-corrected chi connectivity index (χ3v) is 3.89. The van der Waals surface area contributed by atoms with Crippen LogP contribution in [0.15, 0.2) is 12.4 Å². The maximum Gasteiger partial charge on any atom is 0.0580 e. The van der Waals surface area contributed by atoms with Crippen LogP contribution in [-0.2, 0) is 11.3 Å². The second kappa shape index (κ2) is 6.34. The first kappa shape index (κ1) is 13.6. The minimum Gasteiger partial charge on any atom is -0.378 e. The Kier molecular flexibility index (Phi) is 4.78. The molecule has 1 aliphatic carbocycles. The first-order valence-corrected chi connectivity index (χ1v) is 7.08. The number of hydrogen-bond donors (Lipinski definition) is 1. The van der Waals surface area contributed by atoms with Crippen molar-refractivity contribution in [3.63, 3.8) is 0 Å². The van der Waals surface area contributed by atoms with Gasteiger partial charge in [0.1, 0.15) is 0 Å². The molecule has 0 amide bonds. The number of rotatable bonds is 7. The SMILES string of the molecule is CCOC1CC(CC(NC)c2cnn(CC)c2)C1. The molecule has 1 aliphatic rings. The van der Waals surface area contributed by atoms with Gasteiger partial charge in [-0.2, -0.15) is 5.10 Å². The molecular weight excluding hydrogens is 226 g/mol. The van der Waals surface area contributed by atoms with Gasteiger partial charge in [-0.3, -0.25) is 4.68 Å². The molecule has 2 rings (SSSR count). The van der Waals surface area contributed by atoms with Crippen LogP contribution in [0.5, 0.6) is 0 Å². The van der Waals surface area contributed by atoms with Gasteiger partial charge in [0.15, 0.2) is 0 Å². The molecule has 4 heteroatoms. The zero-order chi connectivity index (χ0) is 13.0. The van der Waals surface area contributed by atoms with E-state index in [-0.39, 0.29) is 0 Å². The van der Waals surface area contributed by atoms with Crippen molar-refractivity contribution in [1.82, 2.24) is 15.1 Å². The quantitative estimate of drug-likeness (QED) is 0.808. The molecule has 1 heterocycles. The summed E-state index contributed by atoms with van der Waals surface area (Å²) in [5.41, 5.74) is 1.30. The van der Waals surface area contributed by atoms with Crippen LogP contribution >= 0.6 is 0 Å². The highest BCUT2D eigenvalue weighted by Crippen LogP contribution is 2.36. The van der Waals surface area contributed by atoms with Crippen molar-refractivity contribution in [1.29, 1.82) is 0 Å². The lowest BCUT2D eigenvalue weighted by Gasteiger charge is -2.36. The van der Waals surface area contributed by atoms with Crippen LogP contribution in [0.25, 0.3) is 0 Å². The second-order valence-corrected chi connectivity index (χ2v) is 5.12. The summed E-state index contributed by atoms with van der Waals surface area (Å²) >= 11 is 0. The number of nitrogens with one attached hydrogen (secondary N) is 1. The van der Waals surface area contributed by atoms with E-state index >= 15 is 0 Å². The van der Waals surface area contributed by atoms with E-state index < -0.39 is 0 Å². The Balaban J connectivity index is 1.83. The van der Waals surface area contributed by atoms with Crippen LogP contribution in [0.3, 0.4) is 0 Å². The van der Waals surface area contributed by atoms with Crippen LogP contribution in [0.4, 0.5) is 0 Å². The summed E-state index contributed by atoms with van der Waals surface area (Å²) in [5.74, 6) is 0.795. The van der Waals surface area contributed by atoms with Crippen LogP contribution in [-0.4, -0.2) is 29.5 Å². The van der Waals surface area contributed by atoms with Gasteiger partial charge >= 0.3 is 0 Å². The Morgan fingerprint density at radius 1 is 1.50 bits per heavy atom. The van der Waals surface area contributed by atoms with Crippen molar-refractivity contribution in [2.75, 3.05) is 13.7 Å². The number of ether oxygens (including phenoxy) is 1. The van der Waals surface area contributed by atoms with E-state index in [1.54, 1.807) is 0 Å². The normalized spacial score (nSPS) is 24.8. The summed E-state index contributed by atoms with van der Waals surface area (Å²) < 4.78 is 7.60. The number of aromatic nitrogens is 2. The monoisotopic (exact) mass is 251 g/mol. The fraction of sp³-hybridized carbons (Fsp3) is 0.786. The Morgan fingerprint density at radius 2 is 2.28 bits per heavy atom. The lowest BCUT2D eigenvalue weighted by atomic mass is 9.77. The summed E-state index contributed by atoms with van der Waals surface area (Å²) in [6.45, 7) is 5.97. The predicted molar refractivity (Wildman–Crippen MR) is 72.5 cm³/mol. The van der Waals surface area contributed by atoms with Gasteiger partial charge in [-0.25, -0.2) is 0 Å². The molecule has 0 bridgehead atoms. The largest absolute Gasteiger partial charge is 0.378 e. The smallest absolute Gasteiger partial charge is 0.0580 e. The second-order valence-electron chi connectivity index (χ2n) is 5.12. The summed E-state index contributed by atoms with van der Waals surface area (Å²) in [4.78, 5) is 0. The molecule has 4 nitrogen and oxygen atoms in total. The van der Waals surface area contributed by atoms with Gasteiger partial charge in [0.05, 0.1) is 12.3 Å². The minimum atomic E-state index is 0.429. The van der Waals surface area contributed by atoms with E-state index in [1.165, 1.54) is 24.8 Å². The summed E-state index contributed by atoms with van der Waals surface area (Å²) in [6, 6.07) is 0.429. The van der Waals surface area contributed by atoms with Crippen molar-refractivity contribution in [2.45, 2.75) is 51.8 Å². The Labute approximate surface area is 110 Å². The molecule has 0 saturated heterocycles. The van der Waals surface area contributed by atoms with Gasteiger partial charge in [-0.05, 0) is 46.1 Å². The first-order valence-electron chi connectivity index (χ1n) is 7.08. The van der Waals surface area contributed by atoms with E-state index in [4.69, 9.17) is 4.74 Å². The zero-order valence-electron chi connectivity index (χ0n) is 11.7. The molecular formula is C14H25N3O.